The molecule has 1 nitrogen and oxygen atoms in total. The average Bonchev–Trinajstić information content (AvgIpc) is 2.05. The Morgan fingerprint density at radius 1 is 1.20 bits per heavy atom. The molecule has 1 rings (SSSR count). The first-order chi connectivity index (χ1) is 6.80. The van der Waals surface area contributed by atoms with Crippen molar-refractivity contribution in [3.63, 3.8) is 0 Å². The van der Waals surface area contributed by atoms with E-state index in [-0.39, 0.29) is 11.9 Å². The van der Waals surface area contributed by atoms with Crippen LogP contribution in [0.2, 0.25) is 0 Å². The van der Waals surface area contributed by atoms with E-state index in [9.17, 15) is 13.2 Å². The first kappa shape index (κ1) is 11.9. The minimum atomic E-state index is -4.36. The van der Waals surface area contributed by atoms with Crippen LogP contribution in [0, 0.1) is 6.92 Å². The summed E-state index contributed by atoms with van der Waals surface area (Å²) in [5.41, 5.74) is -0.144. The van der Waals surface area contributed by atoms with Gasteiger partial charge in [-0.25, -0.2) is 0 Å². The summed E-state index contributed by atoms with van der Waals surface area (Å²) in [5, 5.41) is 0. The molecule has 0 saturated carbocycles. The predicted octanol–water partition coefficient (Wildman–Crippen LogP) is 3.80. The summed E-state index contributed by atoms with van der Waals surface area (Å²) in [4.78, 5) is 0. The lowest BCUT2D eigenvalue weighted by Gasteiger charge is -2.16. The van der Waals surface area contributed by atoms with Gasteiger partial charge in [0.2, 0.25) is 0 Å². The van der Waals surface area contributed by atoms with Gasteiger partial charge < -0.3 is 4.74 Å². The zero-order chi connectivity index (χ0) is 11.6. The van der Waals surface area contributed by atoms with Crippen LogP contribution in [0.1, 0.15) is 25.0 Å². The molecule has 84 valence electrons. The van der Waals surface area contributed by atoms with Gasteiger partial charge in [0.15, 0.2) is 0 Å². The molecule has 0 fully saturated rings. The minimum absolute atomic E-state index is 0.108. The van der Waals surface area contributed by atoms with Gasteiger partial charge in [-0.05, 0) is 32.9 Å². The van der Waals surface area contributed by atoms with Gasteiger partial charge in [-0.1, -0.05) is 11.6 Å². The molecule has 1 aromatic carbocycles. The number of hydrogen-bond acceptors (Lipinski definition) is 1. The van der Waals surface area contributed by atoms with Crippen LogP contribution in [0.25, 0.3) is 0 Å². The lowest BCUT2D eigenvalue weighted by atomic mass is 10.1. The average molecular weight is 218 g/mol. The van der Waals surface area contributed by atoms with Crippen molar-refractivity contribution in [2.75, 3.05) is 0 Å². The Bertz CT molecular complexity index is 342. The SMILES string of the molecule is Cc1ccc(OC(C)C)c(C(F)(F)F)c1. The van der Waals surface area contributed by atoms with Gasteiger partial charge in [0, 0.05) is 0 Å². The highest BCUT2D eigenvalue weighted by molar-refractivity contribution is 5.39. The van der Waals surface area contributed by atoms with Crippen LogP contribution >= 0.6 is 0 Å². The van der Waals surface area contributed by atoms with Gasteiger partial charge in [-0.3, -0.25) is 0 Å². The molecule has 0 atom stereocenters. The fourth-order valence-electron chi connectivity index (χ4n) is 1.22. The Kier molecular flexibility index (Phi) is 3.27. The summed E-state index contributed by atoms with van der Waals surface area (Å²) < 4.78 is 42.9. The van der Waals surface area contributed by atoms with Crippen molar-refractivity contribution < 1.29 is 17.9 Å². The molecule has 0 bridgehead atoms. The maximum absolute atomic E-state index is 12.6. The second-order valence-corrected chi connectivity index (χ2v) is 3.66. The van der Waals surface area contributed by atoms with E-state index in [1.165, 1.54) is 6.07 Å². The first-order valence-corrected chi connectivity index (χ1v) is 4.65. The van der Waals surface area contributed by atoms with E-state index in [0.29, 0.717) is 5.56 Å². The second-order valence-electron chi connectivity index (χ2n) is 3.66. The highest BCUT2D eigenvalue weighted by Gasteiger charge is 2.34. The molecule has 15 heavy (non-hydrogen) atoms. The Hall–Kier alpha value is -1.19. The Labute approximate surface area is 86.9 Å². The third kappa shape index (κ3) is 3.15. The second kappa shape index (κ2) is 4.13. The molecule has 0 saturated heterocycles. The quantitative estimate of drug-likeness (QED) is 0.733. The highest BCUT2D eigenvalue weighted by Crippen LogP contribution is 2.37. The van der Waals surface area contributed by atoms with Crippen LogP contribution in [-0.4, -0.2) is 6.10 Å². The number of aryl methyl sites for hydroxylation is 1. The van der Waals surface area contributed by atoms with Crippen molar-refractivity contribution in [2.45, 2.75) is 33.1 Å². The number of benzene rings is 1. The number of rotatable bonds is 2. The molecule has 4 heteroatoms. The third-order valence-corrected chi connectivity index (χ3v) is 1.80. The van der Waals surface area contributed by atoms with E-state index in [0.717, 1.165) is 6.07 Å². The Morgan fingerprint density at radius 2 is 1.80 bits per heavy atom. The fourth-order valence-corrected chi connectivity index (χ4v) is 1.22. The van der Waals surface area contributed by atoms with E-state index < -0.39 is 11.7 Å². The lowest BCUT2D eigenvalue weighted by Crippen LogP contribution is -2.13. The number of halogens is 3. The molecule has 0 amide bonds. The van der Waals surface area contributed by atoms with Crippen molar-refractivity contribution in [3.8, 4) is 5.75 Å². The summed E-state index contributed by atoms with van der Waals surface area (Å²) in [6.45, 7) is 5.01. The summed E-state index contributed by atoms with van der Waals surface area (Å²) in [5.74, 6) is -0.108. The Morgan fingerprint density at radius 3 is 2.27 bits per heavy atom. The van der Waals surface area contributed by atoms with E-state index in [1.54, 1.807) is 26.8 Å². The molecule has 0 aromatic heterocycles. The number of alkyl halides is 3. The molecular weight excluding hydrogens is 205 g/mol. The highest BCUT2D eigenvalue weighted by atomic mass is 19.4. The van der Waals surface area contributed by atoms with E-state index >= 15 is 0 Å². The van der Waals surface area contributed by atoms with Crippen molar-refractivity contribution >= 4 is 0 Å². The van der Waals surface area contributed by atoms with Gasteiger partial charge in [0.25, 0.3) is 0 Å². The maximum atomic E-state index is 12.6. The molecule has 0 aliphatic heterocycles. The standard InChI is InChI=1S/C11H13F3O/c1-7(2)15-10-5-4-8(3)6-9(10)11(12,13)14/h4-7H,1-3H3. The van der Waals surface area contributed by atoms with E-state index in [2.05, 4.69) is 0 Å². The molecule has 0 spiro atoms. The molecular formula is C11H13F3O. The van der Waals surface area contributed by atoms with Crippen LogP contribution in [0.4, 0.5) is 13.2 Å². The first-order valence-electron chi connectivity index (χ1n) is 4.65. The van der Waals surface area contributed by atoms with Gasteiger partial charge in [-0.2, -0.15) is 13.2 Å². The van der Waals surface area contributed by atoms with Crippen molar-refractivity contribution in [3.05, 3.63) is 29.3 Å². The van der Waals surface area contributed by atoms with Crippen molar-refractivity contribution in [1.29, 1.82) is 0 Å². The topological polar surface area (TPSA) is 9.23 Å². The smallest absolute Gasteiger partial charge is 0.419 e. The summed E-state index contributed by atoms with van der Waals surface area (Å²) >= 11 is 0. The Balaban J connectivity index is 3.15. The monoisotopic (exact) mass is 218 g/mol. The fraction of sp³-hybridized carbons (Fsp3) is 0.455. The van der Waals surface area contributed by atoms with Crippen molar-refractivity contribution in [1.82, 2.24) is 0 Å². The molecule has 0 unspecified atom stereocenters. The zero-order valence-electron chi connectivity index (χ0n) is 8.85. The maximum Gasteiger partial charge on any atom is 0.419 e. The van der Waals surface area contributed by atoms with Gasteiger partial charge >= 0.3 is 6.18 Å². The van der Waals surface area contributed by atoms with E-state index in [1.807, 2.05) is 0 Å². The van der Waals surface area contributed by atoms with Crippen LogP contribution in [0.5, 0.6) is 5.75 Å². The van der Waals surface area contributed by atoms with Gasteiger partial charge in [0.05, 0.1) is 11.7 Å². The molecule has 0 radical (unpaired) electrons. The van der Waals surface area contributed by atoms with Gasteiger partial charge in [0.1, 0.15) is 5.75 Å². The van der Waals surface area contributed by atoms with Crippen LogP contribution in [0.3, 0.4) is 0 Å². The molecule has 0 aliphatic carbocycles. The third-order valence-electron chi connectivity index (χ3n) is 1.80. The number of ether oxygens (including phenoxy) is 1. The van der Waals surface area contributed by atoms with Crippen molar-refractivity contribution in [2.24, 2.45) is 0 Å². The normalized spacial score (nSPS) is 11.9. The van der Waals surface area contributed by atoms with Crippen LogP contribution < -0.4 is 4.74 Å². The van der Waals surface area contributed by atoms with Crippen LogP contribution in [-0.2, 0) is 6.18 Å². The molecule has 0 N–H and O–H groups in total. The largest absolute Gasteiger partial charge is 0.490 e. The lowest BCUT2D eigenvalue weighted by molar-refractivity contribution is -0.139. The van der Waals surface area contributed by atoms with E-state index in [4.69, 9.17) is 4.74 Å². The van der Waals surface area contributed by atoms with Crippen LogP contribution in [0.15, 0.2) is 18.2 Å². The minimum Gasteiger partial charge on any atom is -0.490 e. The summed E-state index contributed by atoms with van der Waals surface area (Å²) in [6, 6.07) is 4.06. The molecule has 1 aromatic rings. The summed E-state index contributed by atoms with van der Waals surface area (Å²) in [7, 11) is 0. The predicted molar refractivity (Wildman–Crippen MR) is 51.9 cm³/mol. The molecule has 0 heterocycles. The van der Waals surface area contributed by atoms with Gasteiger partial charge in [-0.15, -0.1) is 0 Å². The zero-order valence-corrected chi connectivity index (χ0v) is 8.85. The summed E-state index contributed by atoms with van der Waals surface area (Å²) in [6.07, 6.45) is -4.63. The number of hydrogen-bond donors (Lipinski definition) is 0. The molecule has 0 aliphatic rings.